The largest absolute Gasteiger partial charge is 0.330 e. The molecule has 0 spiro atoms. The molecule has 0 fully saturated rings. The Hall–Kier alpha value is -0.780. The molecule has 92 valence electrons. The minimum Gasteiger partial charge on any atom is -0.330 e. The topological polar surface area (TPSA) is 51.8 Å². The summed E-state index contributed by atoms with van der Waals surface area (Å²) in [4.78, 5) is 8.71. The fourth-order valence-electron chi connectivity index (χ4n) is 1.84. The summed E-state index contributed by atoms with van der Waals surface area (Å²) >= 11 is 3.36. The highest BCUT2D eigenvalue weighted by Gasteiger charge is 2.15. The first-order chi connectivity index (χ1) is 8.31. The van der Waals surface area contributed by atoms with Gasteiger partial charge >= 0.3 is 0 Å². The second-order valence-corrected chi connectivity index (χ2v) is 5.84. The van der Waals surface area contributed by atoms with Crippen LogP contribution in [0.15, 0.2) is 22.5 Å². The molecule has 0 saturated carbocycles. The number of hydrogen-bond acceptors (Lipinski definition) is 5. The van der Waals surface area contributed by atoms with Gasteiger partial charge in [-0.2, -0.15) is 0 Å². The van der Waals surface area contributed by atoms with Crippen LogP contribution in [0.3, 0.4) is 0 Å². The maximum atomic E-state index is 5.82. The Labute approximate surface area is 110 Å². The fourth-order valence-corrected chi connectivity index (χ4v) is 3.31. The lowest BCUT2D eigenvalue weighted by Gasteiger charge is -2.14. The van der Waals surface area contributed by atoms with Crippen LogP contribution >= 0.6 is 22.7 Å². The second kappa shape index (κ2) is 6.23. The maximum Gasteiger partial charge on any atom is 0.0968 e. The Morgan fingerprint density at radius 2 is 2.24 bits per heavy atom. The first kappa shape index (κ1) is 12.7. The predicted molar refractivity (Wildman–Crippen MR) is 73.7 cm³/mol. The monoisotopic (exact) mass is 267 g/mol. The van der Waals surface area contributed by atoms with Crippen molar-refractivity contribution in [3.63, 3.8) is 0 Å². The lowest BCUT2D eigenvalue weighted by atomic mass is 9.95. The summed E-state index contributed by atoms with van der Waals surface area (Å²) in [6.45, 7) is 2.90. The molecule has 2 aromatic heterocycles. The highest BCUT2D eigenvalue weighted by molar-refractivity contribution is 7.09. The quantitative estimate of drug-likeness (QED) is 0.874. The molecular formula is C12H17N3S2. The van der Waals surface area contributed by atoms with Crippen LogP contribution in [0.25, 0.3) is 0 Å². The molecule has 2 heterocycles. The molecule has 5 heteroatoms. The molecule has 2 N–H and O–H groups in total. The van der Waals surface area contributed by atoms with Gasteiger partial charge in [-0.1, -0.05) is 6.92 Å². The van der Waals surface area contributed by atoms with Crippen molar-refractivity contribution >= 4 is 22.7 Å². The molecule has 0 amide bonds. The van der Waals surface area contributed by atoms with Gasteiger partial charge in [0.1, 0.15) is 0 Å². The van der Waals surface area contributed by atoms with Crippen molar-refractivity contribution in [2.45, 2.75) is 31.6 Å². The Kier molecular flexibility index (Phi) is 4.65. The highest BCUT2D eigenvalue weighted by atomic mass is 32.1. The zero-order valence-electron chi connectivity index (χ0n) is 9.87. The van der Waals surface area contributed by atoms with Crippen molar-refractivity contribution in [3.05, 3.63) is 33.2 Å². The smallest absolute Gasteiger partial charge is 0.0968 e. The molecule has 0 aliphatic carbocycles. The van der Waals surface area contributed by atoms with Crippen molar-refractivity contribution in [3.8, 4) is 0 Å². The van der Waals surface area contributed by atoms with Gasteiger partial charge in [0.2, 0.25) is 0 Å². The van der Waals surface area contributed by atoms with Crippen LogP contribution in [-0.2, 0) is 0 Å². The van der Waals surface area contributed by atoms with Gasteiger partial charge in [-0.15, -0.1) is 22.7 Å². The highest BCUT2D eigenvalue weighted by Crippen LogP contribution is 2.27. The van der Waals surface area contributed by atoms with E-state index in [4.69, 9.17) is 5.73 Å². The number of rotatable bonds is 6. The SMILES string of the molecule is CC(CCC(CN)c1nccs1)c1cscn1. The third kappa shape index (κ3) is 3.34. The van der Waals surface area contributed by atoms with Crippen molar-refractivity contribution in [1.29, 1.82) is 0 Å². The minimum atomic E-state index is 0.399. The number of nitrogens with two attached hydrogens (primary N) is 1. The third-order valence-corrected chi connectivity index (χ3v) is 4.53. The van der Waals surface area contributed by atoms with Crippen LogP contribution in [0, 0.1) is 0 Å². The van der Waals surface area contributed by atoms with E-state index in [1.54, 1.807) is 22.7 Å². The fraction of sp³-hybridized carbons (Fsp3) is 0.500. The molecular weight excluding hydrogens is 250 g/mol. The molecule has 3 nitrogen and oxygen atoms in total. The van der Waals surface area contributed by atoms with Crippen molar-refractivity contribution < 1.29 is 0 Å². The van der Waals surface area contributed by atoms with E-state index in [1.165, 1.54) is 5.69 Å². The minimum absolute atomic E-state index is 0.399. The zero-order valence-corrected chi connectivity index (χ0v) is 11.5. The summed E-state index contributed by atoms with van der Waals surface area (Å²) in [5.41, 5.74) is 8.92. The number of nitrogens with zero attached hydrogens (tertiary/aromatic N) is 2. The molecule has 0 aromatic carbocycles. The molecule has 2 atom stereocenters. The first-order valence-electron chi connectivity index (χ1n) is 5.78. The first-order valence-corrected chi connectivity index (χ1v) is 7.61. The number of thiazole rings is 2. The van der Waals surface area contributed by atoms with Gasteiger partial charge in [-0.25, -0.2) is 9.97 Å². The van der Waals surface area contributed by atoms with E-state index in [0.29, 0.717) is 18.4 Å². The summed E-state index contributed by atoms with van der Waals surface area (Å²) in [5.74, 6) is 0.909. The summed E-state index contributed by atoms with van der Waals surface area (Å²) in [6, 6.07) is 0. The summed E-state index contributed by atoms with van der Waals surface area (Å²) in [7, 11) is 0. The molecule has 0 bridgehead atoms. The van der Waals surface area contributed by atoms with Crippen LogP contribution in [0.4, 0.5) is 0 Å². The maximum absolute atomic E-state index is 5.82. The summed E-state index contributed by atoms with van der Waals surface area (Å²) in [5, 5.41) is 5.31. The van der Waals surface area contributed by atoms with E-state index in [-0.39, 0.29) is 0 Å². The van der Waals surface area contributed by atoms with Crippen molar-refractivity contribution in [2.75, 3.05) is 6.54 Å². The van der Waals surface area contributed by atoms with E-state index in [2.05, 4.69) is 22.3 Å². The zero-order chi connectivity index (χ0) is 12.1. The molecule has 17 heavy (non-hydrogen) atoms. The molecule has 2 unspecified atom stereocenters. The van der Waals surface area contributed by atoms with Gasteiger partial charge < -0.3 is 5.73 Å². The van der Waals surface area contributed by atoms with Gasteiger partial charge in [-0.3, -0.25) is 0 Å². The van der Waals surface area contributed by atoms with Gasteiger partial charge in [0.25, 0.3) is 0 Å². The van der Waals surface area contributed by atoms with E-state index in [9.17, 15) is 0 Å². The summed E-state index contributed by atoms with van der Waals surface area (Å²) in [6.07, 6.45) is 4.06. The lowest BCUT2D eigenvalue weighted by molar-refractivity contribution is 0.545. The average Bonchev–Trinajstić information content (AvgIpc) is 3.02. The van der Waals surface area contributed by atoms with E-state index in [1.807, 2.05) is 17.1 Å². The summed E-state index contributed by atoms with van der Waals surface area (Å²) < 4.78 is 0. The van der Waals surface area contributed by atoms with Crippen LogP contribution in [0.2, 0.25) is 0 Å². The molecule has 2 rings (SSSR count). The molecule has 0 aliphatic heterocycles. The number of aromatic nitrogens is 2. The van der Waals surface area contributed by atoms with Gasteiger partial charge in [-0.05, 0) is 18.8 Å². The lowest BCUT2D eigenvalue weighted by Crippen LogP contribution is -2.13. The molecule has 0 aliphatic rings. The van der Waals surface area contributed by atoms with Crippen molar-refractivity contribution in [1.82, 2.24) is 9.97 Å². The molecule has 0 saturated heterocycles. The van der Waals surface area contributed by atoms with Gasteiger partial charge in [0, 0.05) is 29.4 Å². The standard InChI is InChI=1S/C12H17N3S2/c1-9(11-7-16-8-15-11)2-3-10(6-13)12-14-4-5-17-12/h4-5,7-10H,2-3,6,13H2,1H3. The second-order valence-electron chi connectivity index (χ2n) is 4.19. The molecule has 2 aromatic rings. The Bertz CT molecular complexity index is 411. The Balaban J connectivity index is 1.88. The molecule has 0 radical (unpaired) electrons. The van der Waals surface area contributed by atoms with E-state index < -0.39 is 0 Å². The predicted octanol–water partition coefficient (Wildman–Crippen LogP) is 3.23. The van der Waals surface area contributed by atoms with Gasteiger partial charge in [0.15, 0.2) is 0 Å². The van der Waals surface area contributed by atoms with Gasteiger partial charge in [0.05, 0.1) is 16.2 Å². The normalized spacial score (nSPS) is 14.7. The third-order valence-electron chi connectivity index (χ3n) is 2.99. The van der Waals surface area contributed by atoms with Crippen LogP contribution in [0.5, 0.6) is 0 Å². The van der Waals surface area contributed by atoms with E-state index in [0.717, 1.165) is 17.8 Å². The Morgan fingerprint density at radius 3 is 2.82 bits per heavy atom. The van der Waals surface area contributed by atoms with Crippen molar-refractivity contribution in [2.24, 2.45) is 5.73 Å². The van der Waals surface area contributed by atoms with E-state index >= 15 is 0 Å². The average molecular weight is 267 g/mol. The Morgan fingerprint density at radius 1 is 1.35 bits per heavy atom. The van der Waals surface area contributed by atoms with Crippen LogP contribution in [-0.4, -0.2) is 16.5 Å². The van der Waals surface area contributed by atoms with Crippen LogP contribution in [0.1, 0.15) is 42.3 Å². The van der Waals surface area contributed by atoms with Crippen LogP contribution < -0.4 is 5.73 Å². The number of hydrogen-bond donors (Lipinski definition) is 1.